The second-order valence-corrected chi connectivity index (χ2v) is 12.7. The van der Waals surface area contributed by atoms with Crippen LogP contribution in [0.4, 0.5) is 0 Å². The molecular formula is C37H72O4. The summed E-state index contributed by atoms with van der Waals surface area (Å²) in [4.78, 5) is 25.6. The summed E-state index contributed by atoms with van der Waals surface area (Å²) in [6, 6.07) is 0. The lowest BCUT2D eigenvalue weighted by Crippen LogP contribution is -2.29. The second-order valence-electron chi connectivity index (χ2n) is 12.7. The Balaban J connectivity index is 3.98. The highest BCUT2D eigenvalue weighted by Gasteiger charge is 2.28. The fraction of sp³-hybridized carbons (Fsp3) is 0.946. The summed E-state index contributed by atoms with van der Waals surface area (Å²) in [5, 5.41) is 9.80. The lowest BCUT2D eigenvalue weighted by atomic mass is 9.92. The first-order chi connectivity index (χ1) is 20.1. The molecule has 1 N–H and O–H groups in total. The van der Waals surface area contributed by atoms with Crippen molar-refractivity contribution >= 4 is 11.8 Å². The Labute approximate surface area is 256 Å². The van der Waals surface area contributed by atoms with Crippen LogP contribution in [0.25, 0.3) is 0 Å². The Morgan fingerprint density at radius 1 is 0.488 bits per heavy atom. The lowest BCUT2D eigenvalue weighted by molar-refractivity contribution is -0.174. The van der Waals surface area contributed by atoms with Gasteiger partial charge in [0.2, 0.25) is 0 Å². The molecule has 2 atom stereocenters. The van der Waals surface area contributed by atoms with E-state index >= 15 is 0 Å². The summed E-state index contributed by atoms with van der Waals surface area (Å²) < 4.78 is 5.17. The Morgan fingerprint density at radius 3 is 1.15 bits per heavy atom. The highest BCUT2D eigenvalue weighted by Crippen LogP contribution is 2.20. The molecule has 4 nitrogen and oxygen atoms in total. The van der Waals surface area contributed by atoms with Crippen LogP contribution in [0.3, 0.4) is 0 Å². The molecule has 0 aromatic rings. The molecule has 0 bridgehead atoms. The third-order valence-electron chi connectivity index (χ3n) is 8.65. The van der Waals surface area contributed by atoms with E-state index in [1.807, 2.05) is 0 Å². The number of aliphatic hydroxyl groups is 1. The molecule has 0 aliphatic carbocycles. The number of hydrogen-bond donors (Lipinski definition) is 1. The standard InChI is InChI=1S/C37H72O4/c1-4-7-9-11-13-15-17-19-21-22-24-26-28-30-32-34(37(40)41-36(39)6-3)35(38)33-31-29-27-25-23-20-18-16-14-12-10-8-5-2/h34,36,39H,4-33H2,1-3H3. The van der Waals surface area contributed by atoms with E-state index in [-0.39, 0.29) is 5.78 Å². The molecule has 0 radical (unpaired) electrons. The number of hydrogen-bond acceptors (Lipinski definition) is 4. The summed E-state index contributed by atoms with van der Waals surface area (Å²) in [5.41, 5.74) is 0. The number of ketones is 1. The molecule has 0 aliphatic rings. The van der Waals surface area contributed by atoms with Crippen LogP contribution in [0.1, 0.15) is 213 Å². The summed E-state index contributed by atoms with van der Waals surface area (Å²) in [6.45, 7) is 6.31. The van der Waals surface area contributed by atoms with Gasteiger partial charge in [-0.3, -0.25) is 9.59 Å². The van der Waals surface area contributed by atoms with Crippen LogP contribution in [-0.4, -0.2) is 23.1 Å². The number of carbonyl (C=O) groups is 2. The van der Waals surface area contributed by atoms with E-state index in [9.17, 15) is 14.7 Å². The molecule has 0 aliphatic heterocycles. The summed E-state index contributed by atoms with van der Waals surface area (Å²) >= 11 is 0. The molecule has 0 saturated carbocycles. The molecule has 2 unspecified atom stereocenters. The SMILES string of the molecule is CCCCCCCCCCCCCCCCC(C(=O)CCCCCCCCCCCCCCC)C(=O)OC(O)CC. The van der Waals surface area contributed by atoms with Crippen LogP contribution < -0.4 is 0 Å². The molecule has 41 heavy (non-hydrogen) atoms. The molecule has 244 valence electrons. The van der Waals surface area contributed by atoms with Gasteiger partial charge in [0.1, 0.15) is 11.7 Å². The molecule has 0 fully saturated rings. The zero-order valence-electron chi connectivity index (χ0n) is 28.0. The minimum absolute atomic E-state index is 0.0103. The van der Waals surface area contributed by atoms with E-state index in [1.165, 1.54) is 148 Å². The van der Waals surface area contributed by atoms with Gasteiger partial charge in [-0.1, -0.05) is 188 Å². The van der Waals surface area contributed by atoms with Gasteiger partial charge in [-0.25, -0.2) is 0 Å². The molecule has 0 rings (SSSR count). The van der Waals surface area contributed by atoms with Gasteiger partial charge >= 0.3 is 5.97 Å². The first-order valence-electron chi connectivity index (χ1n) is 18.5. The van der Waals surface area contributed by atoms with Gasteiger partial charge in [0.15, 0.2) is 6.29 Å². The topological polar surface area (TPSA) is 63.6 Å². The second kappa shape index (κ2) is 32.0. The maximum Gasteiger partial charge on any atom is 0.318 e. The number of esters is 1. The van der Waals surface area contributed by atoms with Crippen LogP contribution in [0, 0.1) is 5.92 Å². The lowest BCUT2D eigenvalue weighted by Gasteiger charge is -2.17. The van der Waals surface area contributed by atoms with Gasteiger partial charge in [-0.15, -0.1) is 0 Å². The van der Waals surface area contributed by atoms with Crippen molar-refractivity contribution in [1.82, 2.24) is 0 Å². The van der Waals surface area contributed by atoms with E-state index in [0.717, 1.165) is 25.7 Å². The molecule has 0 heterocycles. The van der Waals surface area contributed by atoms with Gasteiger partial charge in [0, 0.05) is 12.8 Å². The highest BCUT2D eigenvalue weighted by atomic mass is 16.6. The number of aliphatic hydroxyl groups excluding tert-OH is 1. The molecule has 4 heteroatoms. The van der Waals surface area contributed by atoms with Crippen molar-refractivity contribution in [2.24, 2.45) is 5.92 Å². The number of carbonyl (C=O) groups excluding carboxylic acids is 2. The van der Waals surface area contributed by atoms with Crippen LogP contribution >= 0.6 is 0 Å². The maximum atomic E-state index is 12.9. The molecule has 0 aromatic heterocycles. The minimum atomic E-state index is -1.11. The van der Waals surface area contributed by atoms with Crippen molar-refractivity contribution in [3.05, 3.63) is 0 Å². The third-order valence-corrected chi connectivity index (χ3v) is 8.65. The largest absolute Gasteiger partial charge is 0.435 e. The molecule has 0 amide bonds. The summed E-state index contributed by atoms with van der Waals surface area (Å²) in [6.07, 6.45) is 34.8. The van der Waals surface area contributed by atoms with E-state index in [2.05, 4.69) is 13.8 Å². The zero-order chi connectivity index (χ0) is 30.2. The Morgan fingerprint density at radius 2 is 0.805 bits per heavy atom. The smallest absolute Gasteiger partial charge is 0.318 e. The van der Waals surface area contributed by atoms with E-state index in [0.29, 0.717) is 19.3 Å². The first-order valence-corrected chi connectivity index (χ1v) is 18.5. The van der Waals surface area contributed by atoms with Gasteiger partial charge in [-0.05, 0) is 12.8 Å². The fourth-order valence-electron chi connectivity index (χ4n) is 5.74. The quantitative estimate of drug-likeness (QED) is 0.0363. The predicted octanol–water partition coefficient (Wildman–Crippen LogP) is 11.8. The van der Waals surface area contributed by atoms with Crippen molar-refractivity contribution in [1.29, 1.82) is 0 Å². The van der Waals surface area contributed by atoms with Crippen molar-refractivity contribution in [3.63, 3.8) is 0 Å². The zero-order valence-corrected chi connectivity index (χ0v) is 28.0. The predicted molar refractivity (Wildman–Crippen MR) is 176 cm³/mol. The highest BCUT2D eigenvalue weighted by molar-refractivity contribution is 5.98. The monoisotopic (exact) mass is 581 g/mol. The normalized spacial score (nSPS) is 12.9. The van der Waals surface area contributed by atoms with Gasteiger partial charge in [-0.2, -0.15) is 0 Å². The molecule has 0 saturated heterocycles. The number of ether oxygens (including phenoxy) is 1. The van der Waals surface area contributed by atoms with Crippen LogP contribution in [0.15, 0.2) is 0 Å². The molecule has 0 aromatic carbocycles. The van der Waals surface area contributed by atoms with E-state index in [4.69, 9.17) is 4.74 Å². The van der Waals surface area contributed by atoms with Crippen LogP contribution in [0.2, 0.25) is 0 Å². The minimum Gasteiger partial charge on any atom is -0.435 e. The van der Waals surface area contributed by atoms with Crippen LogP contribution in [-0.2, 0) is 14.3 Å². The van der Waals surface area contributed by atoms with E-state index in [1.54, 1.807) is 6.92 Å². The van der Waals surface area contributed by atoms with Gasteiger partial charge in [0.05, 0.1) is 0 Å². The Hall–Kier alpha value is -0.900. The van der Waals surface area contributed by atoms with Crippen molar-refractivity contribution in [2.75, 3.05) is 0 Å². The fourth-order valence-corrected chi connectivity index (χ4v) is 5.74. The van der Waals surface area contributed by atoms with Crippen LogP contribution in [0.5, 0.6) is 0 Å². The van der Waals surface area contributed by atoms with Gasteiger partial charge in [0.25, 0.3) is 0 Å². The summed E-state index contributed by atoms with van der Waals surface area (Å²) in [7, 11) is 0. The Bertz CT molecular complexity index is 561. The van der Waals surface area contributed by atoms with Crippen molar-refractivity contribution in [2.45, 2.75) is 220 Å². The molecular weight excluding hydrogens is 508 g/mol. The van der Waals surface area contributed by atoms with E-state index < -0.39 is 18.2 Å². The molecule has 0 spiro atoms. The maximum absolute atomic E-state index is 12.9. The average Bonchev–Trinajstić information content (AvgIpc) is 2.97. The summed E-state index contributed by atoms with van der Waals surface area (Å²) in [5.74, 6) is -1.21. The average molecular weight is 581 g/mol. The van der Waals surface area contributed by atoms with Crippen molar-refractivity contribution < 1.29 is 19.4 Å². The first kappa shape index (κ1) is 40.1. The Kier molecular flexibility index (Phi) is 31.3. The number of unbranched alkanes of at least 4 members (excludes halogenated alkanes) is 25. The van der Waals surface area contributed by atoms with Crippen molar-refractivity contribution in [3.8, 4) is 0 Å². The van der Waals surface area contributed by atoms with Gasteiger partial charge < -0.3 is 9.84 Å². The third kappa shape index (κ3) is 27.7. The number of Topliss-reactive ketones (excluding diaryl/α,β-unsaturated/α-hetero) is 1. The number of rotatable bonds is 33.